The van der Waals surface area contributed by atoms with Crippen LogP contribution in [0.25, 0.3) is 0 Å². The maximum atomic E-state index is 14.6. The minimum atomic E-state index is -3.31. The van der Waals surface area contributed by atoms with Crippen LogP contribution in [0.5, 0.6) is 0 Å². The van der Waals surface area contributed by atoms with Gasteiger partial charge in [0.1, 0.15) is 0 Å². The van der Waals surface area contributed by atoms with Crippen LogP contribution in [0, 0.1) is 17.8 Å². The van der Waals surface area contributed by atoms with Gasteiger partial charge in [0.15, 0.2) is 0 Å². The Balaban J connectivity index is 1.50. The summed E-state index contributed by atoms with van der Waals surface area (Å²) in [6, 6.07) is 6.38. The molecule has 0 bridgehead atoms. The Morgan fingerprint density at radius 2 is 1.53 bits per heavy atom. The lowest BCUT2D eigenvalue weighted by atomic mass is 9.68. The fraction of sp³-hybridized carbons (Fsp3) is 0.760. The molecular weight excluding hydrogens is 392 g/mol. The predicted octanol–water partition coefficient (Wildman–Crippen LogP) is 8.12. The Labute approximate surface area is 178 Å². The van der Waals surface area contributed by atoms with Crippen LogP contribution in [0.1, 0.15) is 89.2 Å². The first kappa shape index (κ1) is 23.6. The first-order chi connectivity index (χ1) is 14.2. The van der Waals surface area contributed by atoms with Crippen LogP contribution >= 0.6 is 0 Å². The average molecular weight is 429 g/mol. The van der Waals surface area contributed by atoms with Gasteiger partial charge in [-0.2, -0.15) is 8.78 Å². The van der Waals surface area contributed by atoms with E-state index in [0.29, 0.717) is 38.5 Å². The number of rotatable bonds is 8. The average Bonchev–Trinajstić information content (AvgIpc) is 2.70. The van der Waals surface area contributed by atoms with Crippen molar-refractivity contribution >= 4 is 0 Å². The Bertz CT molecular complexity index is 650. The fourth-order valence-electron chi connectivity index (χ4n) is 5.46. The lowest BCUT2D eigenvalue weighted by Gasteiger charge is -2.41. The van der Waals surface area contributed by atoms with Crippen molar-refractivity contribution in [2.75, 3.05) is 0 Å². The van der Waals surface area contributed by atoms with E-state index in [4.69, 9.17) is 4.74 Å². The molecule has 170 valence electrons. The van der Waals surface area contributed by atoms with Gasteiger partial charge < -0.3 is 4.74 Å². The molecule has 0 saturated heterocycles. The van der Waals surface area contributed by atoms with Gasteiger partial charge in [-0.25, -0.2) is 8.78 Å². The first-order valence-electron chi connectivity index (χ1n) is 11.8. The first-order valence-corrected chi connectivity index (χ1v) is 11.8. The number of hydrogen-bond acceptors (Lipinski definition) is 1. The van der Waals surface area contributed by atoms with E-state index < -0.39 is 24.1 Å². The molecule has 5 heteroatoms. The highest BCUT2D eigenvalue weighted by atomic mass is 19.3. The monoisotopic (exact) mass is 428 g/mol. The third-order valence-electron chi connectivity index (χ3n) is 7.18. The standard InChI is InChI=1S/C25H36F4O/c1-3-5-18-7-12-22(13-8-18)25(28,29)30-23-15-10-19(11-16-23)20-9-14-21(6-4-2)24(26,27)17-20/h7-8,12-13,19-21,23H,3-6,9-11,14-17H2,1-2H3. The minimum Gasteiger partial charge on any atom is -0.313 e. The molecule has 2 atom stereocenters. The zero-order valence-corrected chi connectivity index (χ0v) is 18.3. The highest BCUT2D eigenvalue weighted by Crippen LogP contribution is 2.48. The number of alkyl halides is 4. The van der Waals surface area contributed by atoms with Gasteiger partial charge in [0.25, 0.3) is 5.92 Å². The van der Waals surface area contributed by atoms with Gasteiger partial charge in [-0.15, -0.1) is 0 Å². The minimum absolute atomic E-state index is 0.0145. The summed E-state index contributed by atoms with van der Waals surface area (Å²) in [5, 5.41) is 0. The zero-order chi connectivity index (χ0) is 21.8. The quantitative estimate of drug-likeness (QED) is 0.380. The van der Waals surface area contributed by atoms with Crippen LogP contribution in [0.4, 0.5) is 17.6 Å². The summed E-state index contributed by atoms with van der Waals surface area (Å²) >= 11 is 0. The van der Waals surface area contributed by atoms with E-state index in [2.05, 4.69) is 6.92 Å². The topological polar surface area (TPSA) is 9.23 Å². The molecule has 0 radical (unpaired) electrons. The lowest BCUT2D eigenvalue weighted by Crippen LogP contribution is -2.39. The number of aryl methyl sites for hydroxylation is 1. The van der Waals surface area contributed by atoms with Crippen molar-refractivity contribution in [2.45, 2.75) is 103 Å². The van der Waals surface area contributed by atoms with E-state index in [1.54, 1.807) is 12.1 Å². The molecule has 1 nitrogen and oxygen atoms in total. The molecule has 3 rings (SSSR count). The van der Waals surface area contributed by atoms with E-state index in [9.17, 15) is 17.6 Å². The smallest absolute Gasteiger partial charge is 0.313 e. The number of hydrogen-bond donors (Lipinski definition) is 0. The van der Waals surface area contributed by atoms with Gasteiger partial charge in [-0.3, -0.25) is 0 Å². The van der Waals surface area contributed by atoms with Crippen LogP contribution in [-0.4, -0.2) is 12.0 Å². The van der Waals surface area contributed by atoms with Crippen LogP contribution in [0.2, 0.25) is 0 Å². The van der Waals surface area contributed by atoms with E-state index in [-0.39, 0.29) is 23.8 Å². The van der Waals surface area contributed by atoms with Crippen LogP contribution in [0.3, 0.4) is 0 Å². The Kier molecular flexibility index (Phi) is 7.86. The second-order valence-electron chi connectivity index (χ2n) is 9.41. The van der Waals surface area contributed by atoms with E-state index in [1.807, 2.05) is 6.92 Å². The molecule has 2 aliphatic carbocycles. The highest BCUT2D eigenvalue weighted by Gasteiger charge is 2.47. The predicted molar refractivity (Wildman–Crippen MR) is 112 cm³/mol. The second kappa shape index (κ2) is 10.0. The third-order valence-corrected chi connectivity index (χ3v) is 7.18. The normalized spacial score (nSPS) is 29.7. The van der Waals surface area contributed by atoms with Gasteiger partial charge in [0, 0.05) is 12.3 Å². The molecule has 0 heterocycles. The summed E-state index contributed by atoms with van der Waals surface area (Å²) in [7, 11) is 0. The number of benzene rings is 1. The van der Waals surface area contributed by atoms with Gasteiger partial charge in [0.2, 0.25) is 0 Å². The molecule has 0 spiro atoms. The maximum absolute atomic E-state index is 14.6. The molecule has 1 aromatic carbocycles. The van der Waals surface area contributed by atoms with Crippen LogP contribution < -0.4 is 0 Å². The van der Waals surface area contributed by atoms with Crippen LogP contribution in [0.15, 0.2) is 24.3 Å². The Hall–Kier alpha value is -1.10. The number of ether oxygens (including phenoxy) is 1. The molecular formula is C25H36F4O. The molecule has 30 heavy (non-hydrogen) atoms. The summed E-state index contributed by atoms with van der Waals surface area (Å²) in [4.78, 5) is 0. The third kappa shape index (κ3) is 5.77. The van der Waals surface area contributed by atoms with Crippen LogP contribution in [-0.2, 0) is 17.3 Å². The number of halogens is 4. The molecule has 2 saturated carbocycles. The van der Waals surface area contributed by atoms with Crippen molar-refractivity contribution in [3.8, 4) is 0 Å². The van der Waals surface area contributed by atoms with Crippen molar-refractivity contribution in [3.63, 3.8) is 0 Å². The van der Waals surface area contributed by atoms with E-state index >= 15 is 0 Å². The van der Waals surface area contributed by atoms with Gasteiger partial charge >= 0.3 is 6.11 Å². The fourth-order valence-corrected chi connectivity index (χ4v) is 5.46. The molecule has 2 fully saturated rings. The van der Waals surface area contributed by atoms with Gasteiger partial charge in [0.05, 0.1) is 11.7 Å². The highest BCUT2D eigenvalue weighted by molar-refractivity contribution is 5.24. The molecule has 0 aromatic heterocycles. The summed E-state index contributed by atoms with van der Waals surface area (Å²) < 4.78 is 63.4. The largest absolute Gasteiger partial charge is 0.383 e. The Morgan fingerprint density at radius 3 is 2.10 bits per heavy atom. The molecule has 0 aliphatic heterocycles. The summed E-state index contributed by atoms with van der Waals surface area (Å²) in [5.41, 5.74) is 0.932. The lowest BCUT2D eigenvalue weighted by molar-refractivity contribution is -0.278. The Morgan fingerprint density at radius 1 is 0.900 bits per heavy atom. The maximum Gasteiger partial charge on any atom is 0.383 e. The zero-order valence-electron chi connectivity index (χ0n) is 18.3. The van der Waals surface area contributed by atoms with Crippen molar-refractivity contribution in [2.24, 2.45) is 17.8 Å². The van der Waals surface area contributed by atoms with E-state index in [0.717, 1.165) is 31.2 Å². The summed E-state index contributed by atoms with van der Waals surface area (Å²) in [6.07, 6.45) is 3.26. The molecule has 0 N–H and O–H groups in total. The second-order valence-corrected chi connectivity index (χ2v) is 9.41. The van der Waals surface area contributed by atoms with Gasteiger partial charge in [-0.05, 0) is 68.8 Å². The van der Waals surface area contributed by atoms with Crippen molar-refractivity contribution in [1.29, 1.82) is 0 Å². The van der Waals surface area contributed by atoms with Crippen molar-refractivity contribution in [3.05, 3.63) is 35.4 Å². The summed E-state index contributed by atoms with van der Waals surface area (Å²) in [6.45, 7) is 4.01. The van der Waals surface area contributed by atoms with Crippen molar-refractivity contribution < 1.29 is 22.3 Å². The molecule has 1 aromatic rings. The SMILES string of the molecule is CCCc1ccc(C(F)(F)OC2CCC(C3CCC(CCC)C(F)(F)C3)CC2)cc1. The van der Waals surface area contributed by atoms with Gasteiger partial charge in [-0.1, -0.05) is 51.0 Å². The molecule has 2 aliphatic rings. The molecule has 0 amide bonds. The summed E-state index contributed by atoms with van der Waals surface area (Å²) in [5.74, 6) is -2.84. The van der Waals surface area contributed by atoms with E-state index in [1.165, 1.54) is 12.1 Å². The van der Waals surface area contributed by atoms with Crippen molar-refractivity contribution in [1.82, 2.24) is 0 Å². The molecule has 2 unspecified atom stereocenters.